The number of pyridine rings is 1. The number of aromatic nitrogens is 3. The molecule has 4 aromatic rings. The maximum Gasteiger partial charge on any atom is 0.257 e. The van der Waals surface area contributed by atoms with Gasteiger partial charge in [-0.05, 0) is 47.8 Å². The first-order valence-electron chi connectivity index (χ1n) is 8.24. The second-order valence-corrected chi connectivity index (χ2v) is 8.74. The summed E-state index contributed by atoms with van der Waals surface area (Å²) >= 11 is 4.68. The molecule has 0 aliphatic heterocycles. The van der Waals surface area contributed by atoms with Crippen molar-refractivity contribution in [3.05, 3.63) is 76.7 Å². The Labute approximate surface area is 173 Å². The van der Waals surface area contributed by atoms with Crippen LogP contribution in [0.3, 0.4) is 0 Å². The molecule has 0 aliphatic rings. The summed E-state index contributed by atoms with van der Waals surface area (Å²) in [6.07, 6.45) is 3.31. The van der Waals surface area contributed by atoms with E-state index in [0.29, 0.717) is 22.2 Å². The Kier molecular flexibility index (Phi) is 5.95. The summed E-state index contributed by atoms with van der Waals surface area (Å²) in [6, 6.07) is 14.6. The number of rotatable bonds is 7. The van der Waals surface area contributed by atoms with Crippen LogP contribution in [0.15, 0.2) is 70.6 Å². The van der Waals surface area contributed by atoms with Crippen LogP contribution in [0.5, 0.6) is 11.5 Å². The van der Waals surface area contributed by atoms with Crippen LogP contribution in [0.4, 0.5) is 5.13 Å². The van der Waals surface area contributed by atoms with Gasteiger partial charge in [-0.25, -0.2) is 0 Å². The number of carbonyl (C=O) groups excluding carboxylic acids is 1. The largest absolute Gasteiger partial charge is 0.456 e. The molecular formula is C19H14N4O2S3. The fourth-order valence-corrected chi connectivity index (χ4v) is 4.75. The first-order chi connectivity index (χ1) is 13.8. The van der Waals surface area contributed by atoms with Crippen molar-refractivity contribution in [3.8, 4) is 11.5 Å². The van der Waals surface area contributed by atoms with Crippen molar-refractivity contribution in [2.75, 3.05) is 5.32 Å². The average Bonchev–Trinajstić information content (AvgIpc) is 3.40. The molecule has 9 heteroatoms. The van der Waals surface area contributed by atoms with Crippen LogP contribution in [0.1, 0.15) is 15.2 Å². The molecule has 0 saturated carbocycles. The zero-order valence-corrected chi connectivity index (χ0v) is 16.9. The number of nitrogens with one attached hydrogen (secondary N) is 1. The zero-order valence-electron chi connectivity index (χ0n) is 14.4. The third-order valence-corrected chi connectivity index (χ3v) is 6.61. The lowest BCUT2D eigenvalue weighted by atomic mass is 10.2. The maximum absolute atomic E-state index is 12.4. The third kappa shape index (κ3) is 4.94. The number of nitrogens with zero attached hydrogens (tertiary/aromatic N) is 3. The van der Waals surface area contributed by atoms with Gasteiger partial charge < -0.3 is 4.74 Å². The number of hydrogen-bond acceptors (Lipinski definition) is 8. The van der Waals surface area contributed by atoms with E-state index in [4.69, 9.17) is 4.74 Å². The maximum atomic E-state index is 12.4. The number of amides is 1. The summed E-state index contributed by atoms with van der Waals surface area (Å²) in [7, 11) is 0. The number of carbonyl (C=O) groups is 1. The van der Waals surface area contributed by atoms with Crippen molar-refractivity contribution in [2.24, 2.45) is 0 Å². The van der Waals surface area contributed by atoms with Crippen LogP contribution in [-0.2, 0) is 5.75 Å². The van der Waals surface area contributed by atoms with E-state index < -0.39 is 0 Å². The van der Waals surface area contributed by atoms with Gasteiger partial charge in [0.15, 0.2) is 4.34 Å². The Morgan fingerprint density at radius 2 is 1.96 bits per heavy atom. The summed E-state index contributed by atoms with van der Waals surface area (Å²) in [5.74, 6) is 1.88. The Morgan fingerprint density at radius 3 is 2.71 bits per heavy atom. The van der Waals surface area contributed by atoms with Crippen LogP contribution in [-0.4, -0.2) is 21.1 Å². The van der Waals surface area contributed by atoms with Crippen LogP contribution < -0.4 is 10.1 Å². The minimum atomic E-state index is -0.237. The van der Waals surface area contributed by atoms with Crippen molar-refractivity contribution in [3.63, 3.8) is 0 Å². The van der Waals surface area contributed by atoms with Crippen molar-refractivity contribution in [2.45, 2.75) is 10.1 Å². The molecule has 28 heavy (non-hydrogen) atoms. The molecule has 0 atom stereocenters. The highest BCUT2D eigenvalue weighted by molar-refractivity contribution is 8.00. The molecule has 0 unspecified atom stereocenters. The van der Waals surface area contributed by atoms with Crippen molar-refractivity contribution >= 4 is 45.5 Å². The molecule has 1 N–H and O–H groups in total. The number of thiophene rings is 1. The molecule has 0 radical (unpaired) electrons. The highest BCUT2D eigenvalue weighted by Crippen LogP contribution is 2.29. The van der Waals surface area contributed by atoms with Gasteiger partial charge in [0.1, 0.15) is 11.5 Å². The number of benzene rings is 1. The Morgan fingerprint density at radius 1 is 1.07 bits per heavy atom. The van der Waals surface area contributed by atoms with Crippen molar-refractivity contribution in [1.82, 2.24) is 15.2 Å². The molecule has 0 aliphatic carbocycles. The van der Waals surface area contributed by atoms with E-state index in [2.05, 4.69) is 31.9 Å². The quantitative estimate of drug-likeness (QED) is 0.318. The lowest BCUT2D eigenvalue weighted by Gasteiger charge is -2.06. The summed E-state index contributed by atoms with van der Waals surface area (Å²) in [6.45, 7) is 0. The highest BCUT2D eigenvalue weighted by Gasteiger charge is 2.11. The third-order valence-electron chi connectivity index (χ3n) is 3.53. The fourth-order valence-electron chi connectivity index (χ4n) is 2.23. The summed E-state index contributed by atoms with van der Waals surface area (Å²) < 4.78 is 6.50. The predicted molar refractivity (Wildman–Crippen MR) is 112 cm³/mol. The molecule has 1 amide bonds. The molecular weight excluding hydrogens is 412 g/mol. The molecule has 0 bridgehead atoms. The van der Waals surface area contributed by atoms with Gasteiger partial charge in [-0.15, -0.1) is 21.5 Å². The van der Waals surface area contributed by atoms with Gasteiger partial charge in [0.05, 0.1) is 6.20 Å². The van der Waals surface area contributed by atoms with E-state index in [1.165, 1.54) is 16.2 Å². The van der Waals surface area contributed by atoms with Crippen LogP contribution in [0.2, 0.25) is 0 Å². The number of hydrogen-bond donors (Lipinski definition) is 1. The Balaban J connectivity index is 1.33. The van der Waals surface area contributed by atoms with E-state index in [1.807, 2.05) is 12.1 Å². The lowest BCUT2D eigenvalue weighted by molar-refractivity contribution is 0.102. The molecule has 0 fully saturated rings. The molecule has 0 saturated heterocycles. The van der Waals surface area contributed by atoms with Gasteiger partial charge in [0.2, 0.25) is 5.13 Å². The van der Waals surface area contributed by atoms with Crippen LogP contribution >= 0.6 is 34.4 Å². The minimum Gasteiger partial charge on any atom is -0.456 e. The van der Waals surface area contributed by atoms with E-state index in [0.717, 1.165) is 10.1 Å². The molecule has 1 aromatic carbocycles. The smallest absolute Gasteiger partial charge is 0.257 e. The molecule has 3 aromatic heterocycles. The number of anilines is 1. The van der Waals surface area contributed by atoms with Crippen molar-refractivity contribution < 1.29 is 9.53 Å². The minimum absolute atomic E-state index is 0.237. The first-order valence-corrected chi connectivity index (χ1v) is 10.9. The topological polar surface area (TPSA) is 77.0 Å². The standard InChI is InChI=1S/C19H14N4O2S3/c24-17(13-5-7-14(8-6-13)25-15-3-1-9-20-11-15)21-18-22-23-19(28-18)27-12-16-4-2-10-26-16/h1-11H,12H2,(H,21,22,24). The fraction of sp³-hybridized carbons (Fsp3) is 0.0526. The van der Waals surface area contributed by atoms with Crippen LogP contribution in [0, 0.1) is 0 Å². The molecule has 140 valence electrons. The van der Waals surface area contributed by atoms with E-state index in [1.54, 1.807) is 65.8 Å². The number of thioether (sulfide) groups is 1. The zero-order chi connectivity index (χ0) is 19.2. The summed E-state index contributed by atoms with van der Waals surface area (Å²) in [4.78, 5) is 17.7. The second kappa shape index (κ2) is 8.96. The Hall–Kier alpha value is -2.75. The number of ether oxygens (including phenoxy) is 1. The van der Waals surface area contributed by atoms with Crippen molar-refractivity contribution in [1.29, 1.82) is 0 Å². The SMILES string of the molecule is O=C(Nc1nnc(SCc2cccs2)s1)c1ccc(Oc2cccnc2)cc1. The van der Waals surface area contributed by atoms with Gasteiger partial charge in [-0.2, -0.15) is 0 Å². The van der Waals surface area contributed by atoms with Gasteiger partial charge in [0.25, 0.3) is 5.91 Å². The molecule has 0 spiro atoms. The van der Waals surface area contributed by atoms with Gasteiger partial charge in [-0.3, -0.25) is 15.1 Å². The molecule has 6 nitrogen and oxygen atoms in total. The second-order valence-electron chi connectivity index (χ2n) is 5.51. The normalized spacial score (nSPS) is 10.6. The van der Waals surface area contributed by atoms with Crippen LogP contribution in [0.25, 0.3) is 0 Å². The summed E-state index contributed by atoms with van der Waals surface area (Å²) in [5, 5.41) is 13.5. The van der Waals surface area contributed by atoms with E-state index >= 15 is 0 Å². The molecule has 3 heterocycles. The summed E-state index contributed by atoms with van der Waals surface area (Å²) in [5.41, 5.74) is 0.515. The highest BCUT2D eigenvalue weighted by atomic mass is 32.2. The van der Waals surface area contributed by atoms with E-state index in [9.17, 15) is 4.79 Å². The monoisotopic (exact) mass is 426 g/mol. The van der Waals surface area contributed by atoms with Gasteiger partial charge in [0, 0.05) is 22.4 Å². The van der Waals surface area contributed by atoms with Gasteiger partial charge >= 0.3 is 0 Å². The van der Waals surface area contributed by atoms with E-state index in [-0.39, 0.29) is 5.91 Å². The average molecular weight is 427 g/mol. The predicted octanol–water partition coefficient (Wildman–Crippen LogP) is 5.33. The first kappa shape index (κ1) is 18.6. The molecule has 4 rings (SSSR count). The lowest BCUT2D eigenvalue weighted by Crippen LogP contribution is -2.11. The van der Waals surface area contributed by atoms with Gasteiger partial charge in [-0.1, -0.05) is 29.2 Å². The Bertz CT molecular complexity index is 1030.